The van der Waals surface area contributed by atoms with Crippen molar-refractivity contribution < 1.29 is 19.1 Å². The fourth-order valence-corrected chi connectivity index (χ4v) is 6.10. The minimum Gasteiger partial charge on any atom is -0.497 e. The van der Waals surface area contributed by atoms with Gasteiger partial charge in [-0.1, -0.05) is 69.7 Å². The predicted molar refractivity (Wildman–Crippen MR) is 161 cm³/mol. The summed E-state index contributed by atoms with van der Waals surface area (Å²) >= 11 is 0. The Kier molecular flexibility index (Phi) is 10.3. The lowest BCUT2D eigenvalue weighted by Gasteiger charge is -2.44. The molecule has 0 saturated heterocycles. The Morgan fingerprint density at radius 2 is 1.77 bits per heavy atom. The van der Waals surface area contributed by atoms with Gasteiger partial charge in [-0.25, -0.2) is 4.79 Å². The number of carbonyl (C=O) groups is 2. The van der Waals surface area contributed by atoms with E-state index in [1.165, 1.54) is 11.1 Å². The molecule has 0 bridgehead atoms. The molecule has 0 saturated carbocycles. The number of methoxy groups -OCH3 is 1. The van der Waals surface area contributed by atoms with Crippen LogP contribution in [0.25, 0.3) is 0 Å². The number of amides is 2. The topological polar surface area (TPSA) is 67.9 Å². The summed E-state index contributed by atoms with van der Waals surface area (Å²) in [7, 11) is 0.332. The summed E-state index contributed by atoms with van der Waals surface area (Å²) in [5.41, 5.74) is 4.05. The monoisotopic (exact) mass is 552 g/mol. The van der Waals surface area contributed by atoms with E-state index in [9.17, 15) is 9.59 Å². The van der Waals surface area contributed by atoms with Crippen molar-refractivity contribution in [2.75, 3.05) is 7.11 Å². The highest BCUT2D eigenvalue weighted by Gasteiger charge is 2.38. The molecule has 1 aliphatic heterocycles. The normalized spacial score (nSPS) is 17.4. The van der Waals surface area contributed by atoms with E-state index in [0.29, 0.717) is 6.42 Å². The van der Waals surface area contributed by atoms with E-state index in [4.69, 9.17) is 9.47 Å². The number of benzene rings is 2. The molecule has 2 aromatic rings. The lowest BCUT2D eigenvalue weighted by atomic mass is 9.82. The quantitative estimate of drug-likeness (QED) is 0.310. The van der Waals surface area contributed by atoms with Crippen LogP contribution >= 0.6 is 0 Å². The first-order valence-corrected chi connectivity index (χ1v) is 18.0. The molecule has 0 spiro atoms. The molecule has 0 radical (unpaired) electrons. The van der Waals surface area contributed by atoms with Gasteiger partial charge in [-0.05, 0) is 74.0 Å². The van der Waals surface area contributed by atoms with Crippen molar-refractivity contribution in [3.8, 4) is 5.75 Å². The zero-order chi connectivity index (χ0) is 28.8. The van der Waals surface area contributed by atoms with Crippen LogP contribution in [-0.4, -0.2) is 43.7 Å². The second kappa shape index (κ2) is 13.0. The van der Waals surface area contributed by atoms with Crippen LogP contribution in [0.4, 0.5) is 4.79 Å². The molecule has 1 heterocycles. The van der Waals surface area contributed by atoms with Crippen LogP contribution in [-0.2, 0) is 22.6 Å². The van der Waals surface area contributed by atoms with Crippen LogP contribution in [0.3, 0.4) is 0 Å². The Bertz CT molecular complexity index is 1120. The van der Waals surface area contributed by atoms with Crippen molar-refractivity contribution in [2.45, 2.75) is 110 Å². The van der Waals surface area contributed by atoms with Crippen LogP contribution in [0.2, 0.25) is 25.7 Å². The number of unbranched alkanes of at least 4 members (excludes halogenated alkanes) is 1. The van der Waals surface area contributed by atoms with Crippen molar-refractivity contribution in [3.63, 3.8) is 0 Å². The maximum Gasteiger partial charge on any atom is 0.407 e. The summed E-state index contributed by atoms with van der Waals surface area (Å²) in [4.78, 5) is 28.3. The number of fused-ring (bicyclic) bond motifs is 1. The third-order valence-electron chi connectivity index (χ3n) is 7.18. The van der Waals surface area contributed by atoms with E-state index >= 15 is 0 Å². The van der Waals surface area contributed by atoms with Gasteiger partial charge in [0.2, 0.25) is 5.91 Å². The summed E-state index contributed by atoms with van der Waals surface area (Å²) in [6.07, 6.45) is 4.17. The number of nitrogens with zero attached hydrogens (tertiary/aromatic N) is 1. The van der Waals surface area contributed by atoms with Gasteiger partial charge >= 0.3 is 6.09 Å². The standard InChI is InChI=1S/C32H48N2O4Si/c1-9-10-11-26-20-25-21-27(37-5)16-17-28(25)30(34(26)29(35)18-19-39(6,7)8)24-14-12-23(13-15-24)22-38-31(36)33-32(2,3)4/h12-17,21,26,30H,9-11,18-20,22H2,1-8H3,(H,33,36)/t26-,30-/m0/s1. The molecule has 39 heavy (non-hydrogen) atoms. The summed E-state index contributed by atoms with van der Waals surface area (Å²) in [6.45, 7) is 15.1. The summed E-state index contributed by atoms with van der Waals surface area (Å²) in [6, 6.07) is 15.4. The second-order valence-corrected chi connectivity index (χ2v) is 18.6. The Morgan fingerprint density at radius 1 is 1.08 bits per heavy atom. The van der Waals surface area contributed by atoms with Gasteiger partial charge in [0.05, 0.1) is 13.2 Å². The van der Waals surface area contributed by atoms with Gasteiger partial charge in [-0.2, -0.15) is 0 Å². The highest BCUT2D eigenvalue weighted by atomic mass is 28.3. The molecule has 3 rings (SSSR count). The van der Waals surface area contributed by atoms with Crippen molar-refractivity contribution in [3.05, 3.63) is 64.7 Å². The Balaban J connectivity index is 1.95. The molecule has 1 aliphatic rings. The molecule has 0 fully saturated rings. The van der Waals surface area contributed by atoms with Crippen LogP contribution in [0.5, 0.6) is 5.75 Å². The van der Waals surface area contributed by atoms with Crippen molar-refractivity contribution in [1.82, 2.24) is 10.2 Å². The molecule has 0 aliphatic carbocycles. The molecule has 0 unspecified atom stereocenters. The van der Waals surface area contributed by atoms with E-state index in [0.717, 1.165) is 48.6 Å². The van der Waals surface area contributed by atoms with Crippen molar-refractivity contribution in [1.29, 1.82) is 0 Å². The van der Waals surface area contributed by atoms with Gasteiger partial charge in [0.25, 0.3) is 0 Å². The van der Waals surface area contributed by atoms with Crippen molar-refractivity contribution in [2.24, 2.45) is 0 Å². The number of ether oxygens (including phenoxy) is 2. The molecule has 7 heteroatoms. The number of hydrogen-bond donors (Lipinski definition) is 1. The van der Waals surface area contributed by atoms with Crippen molar-refractivity contribution >= 4 is 20.1 Å². The molecular formula is C32H48N2O4Si. The van der Waals surface area contributed by atoms with E-state index in [1.807, 2.05) is 39.0 Å². The van der Waals surface area contributed by atoms with Gasteiger partial charge in [-0.15, -0.1) is 0 Å². The molecule has 214 valence electrons. The maximum atomic E-state index is 14.0. The third kappa shape index (κ3) is 8.85. The molecule has 1 N–H and O–H groups in total. The van der Waals surface area contributed by atoms with Gasteiger partial charge in [0.15, 0.2) is 0 Å². The van der Waals surface area contributed by atoms with Crippen LogP contribution in [0, 0.1) is 0 Å². The maximum absolute atomic E-state index is 14.0. The first-order chi connectivity index (χ1) is 18.3. The van der Waals surface area contributed by atoms with E-state index in [1.54, 1.807) is 7.11 Å². The molecule has 6 nitrogen and oxygen atoms in total. The fraction of sp³-hybridized carbons (Fsp3) is 0.562. The van der Waals surface area contributed by atoms with Gasteiger partial charge < -0.3 is 19.7 Å². The van der Waals surface area contributed by atoms with Gasteiger partial charge in [0, 0.05) is 26.1 Å². The van der Waals surface area contributed by atoms with Crippen LogP contribution in [0.15, 0.2) is 42.5 Å². The number of nitrogens with one attached hydrogen (secondary N) is 1. The molecular weight excluding hydrogens is 504 g/mol. The van der Waals surface area contributed by atoms with E-state index < -0.39 is 14.2 Å². The number of alkyl carbamates (subject to hydrolysis) is 1. The zero-order valence-corrected chi connectivity index (χ0v) is 26.2. The summed E-state index contributed by atoms with van der Waals surface area (Å²) in [5, 5.41) is 2.82. The van der Waals surface area contributed by atoms with E-state index in [-0.39, 0.29) is 30.1 Å². The second-order valence-electron chi connectivity index (χ2n) is 13.0. The minimum atomic E-state index is -1.37. The molecule has 0 aromatic heterocycles. The smallest absolute Gasteiger partial charge is 0.407 e. The number of rotatable bonds is 10. The Morgan fingerprint density at radius 3 is 2.36 bits per heavy atom. The van der Waals surface area contributed by atoms with Crippen LogP contribution in [0.1, 0.15) is 81.7 Å². The number of hydrogen-bond acceptors (Lipinski definition) is 4. The zero-order valence-electron chi connectivity index (χ0n) is 25.2. The van der Waals surface area contributed by atoms with Crippen LogP contribution < -0.4 is 10.1 Å². The minimum absolute atomic E-state index is 0.146. The highest BCUT2D eigenvalue weighted by Crippen LogP contribution is 2.41. The van der Waals surface area contributed by atoms with E-state index in [2.05, 4.69) is 61.0 Å². The average molecular weight is 553 g/mol. The molecule has 2 amide bonds. The Hall–Kier alpha value is -2.80. The first-order valence-electron chi connectivity index (χ1n) is 14.3. The van der Waals surface area contributed by atoms with Gasteiger partial charge in [-0.3, -0.25) is 4.79 Å². The lowest BCUT2D eigenvalue weighted by Crippen LogP contribution is -2.48. The lowest BCUT2D eigenvalue weighted by molar-refractivity contribution is -0.136. The average Bonchev–Trinajstić information content (AvgIpc) is 2.87. The summed E-state index contributed by atoms with van der Waals surface area (Å²) < 4.78 is 11.0. The molecule has 2 atom stereocenters. The number of carbonyl (C=O) groups excluding carboxylic acids is 2. The fourth-order valence-electron chi connectivity index (χ4n) is 5.13. The third-order valence-corrected chi connectivity index (χ3v) is 8.93. The SMILES string of the molecule is CCCC[C@H]1Cc2cc(OC)ccc2[C@H](c2ccc(COC(=O)NC(C)(C)C)cc2)N1C(=O)CC[Si](C)(C)C. The highest BCUT2D eigenvalue weighted by molar-refractivity contribution is 6.76. The molecule has 2 aromatic carbocycles. The summed E-state index contributed by atoms with van der Waals surface area (Å²) in [5.74, 6) is 1.09. The largest absolute Gasteiger partial charge is 0.497 e. The van der Waals surface area contributed by atoms with Gasteiger partial charge in [0.1, 0.15) is 12.4 Å². The first kappa shape index (κ1) is 30.7. The predicted octanol–water partition coefficient (Wildman–Crippen LogP) is 7.48. The Labute approximate surface area is 236 Å².